The number of hydrogen-bond acceptors (Lipinski definition) is 4. The van der Waals surface area contributed by atoms with E-state index in [4.69, 9.17) is 14.6 Å². The van der Waals surface area contributed by atoms with Crippen LogP contribution in [0.1, 0.15) is 10.4 Å². The number of carbonyl (C=O) groups excluding carboxylic acids is 1. The predicted molar refractivity (Wildman–Crippen MR) is 52.5 cm³/mol. The van der Waals surface area contributed by atoms with Crippen LogP contribution in [0, 0.1) is 0 Å². The maximum atomic E-state index is 11.4. The number of aliphatic hydroxyl groups excluding tert-OH is 1. The smallest absolute Gasteiger partial charge is 0.338 e. The van der Waals surface area contributed by atoms with E-state index in [0.717, 1.165) is 0 Å². The molecule has 4 heteroatoms. The summed E-state index contributed by atoms with van der Waals surface area (Å²) in [7, 11) is 0. The number of carbonyl (C=O) groups is 1. The summed E-state index contributed by atoms with van der Waals surface area (Å²) < 4.78 is 10.0. The minimum atomic E-state index is -0.359. The van der Waals surface area contributed by atoms with Crippen LogP contribution >= 0.6 is 0 Å². The molecule has 1 N–H and O–H groups in total. The first-order valence-corrected chi connectivity index (χ1v) is 4.80. The zero-order valence-electron chi connectivity index (χ0n) is 8.13. The molecule has 15 heavy (non-hydrogen) atoms. The Morgan fingerprint density at radius 1 is 1.33 bits per heavy atom. The molecule has 1 heterocycles. The summed E-state index contributed by atoms with van der Waals surface area (Å²) in [5, 5.41) is 8.69. The Morgan fingerprint density at radius 2 is 2.07 bits per heavy atom. The van der Waals surface area contributed by atoms with Gasteiger partial charge < -0.3 is 14.6 Å². The summed E-state index contributed by atoms with van der Waals surface area (Å²) >= 11 is 0. The standard InChI is InChI=1S/C11H12O4/c12-6-9-10(15-9)7-14-11(13)8-4-2-1-3-5-8/h1-5,9-10,12H,6-7H2/t9-,10+/m0/s1. The average Bonchev–Trinajstić information content (AvgIpc) is 3.06. The van der Waals surface area contributed by atoms with Gasteiger partial charge in [0.05, 0.1) is 12.2 Å². The lowest BCUT2D eigenvalue weighted by Gasteiger charge is -2.01. The fourth-order valence-corrected chi connectivity index (χ4v) is 1.30. The highest BCUT2D eigenvalue weighted by Gasteiger charge is 2.39. The number of esters is 1. The first kappa shape index (κ1) is 10.1. The number of ether oxygens (including phenoxy) is 2. The van der Waals surface area contributed by atoms with Crippen molar-refractivity contribution in [3.63, 3.8) is 0 Å². The summed E-state index contributed by atoms with van der Waals surface area (Å²) in [5.41, 5.74) is 0.527. The van der Waals surface area contributed by atoms with Crippen LogP contribution in [-0.2, 0) is 9.47 Å². The van der Waals surface area contributed by atoms with E-state index in [-0.39, 0.29) is 31.4 Å². The maximum absolute atomic E-state index is 11.4. The molecular weight excluding hydrogens is 196 g/mol. The van der Waals surface area contributed by atoms with Crippen molar-refractivity contribution in [2.75, 3.05) is 13.2 Å². The molecule has 1 aliphatic heterocycles. The van der Waals surface area contributed by atoms with Gasteiger partial charge in [-0.2, -0.15) is 0 Å². The molecule has 1 aromatic rings. The van der Waals surface area contributed by atoms with Gasteiger partial charge in [0.2, 0.25) is 0 Å². The van der Waals surface area contributed by atoms with Crippen LogP contribution in [0.3, 0.4) is 0 Å². The Morgan fingerprint density at radius 3 is 2.67 bits per heavy atom. The van der Waals surface area contributed by atoms with Crippen molar-refractivity contribution < 1.29 is 19.4 Å². The van der Waals surface area contributed by atoms with Crippen molar-refractivity contribution in [1.29, 1.82) is 0 Å². The molecule has 0 radical (unpaired) electrons. The van der Waals surface area contributed by atoms with Gasteiger partial charge in [-0.25, -0.2) is 4.79 Å². The third kappa shape index (κ3) is 2.55. The van der Waals surface area contributed by atoms with Crippen LogP contribution < -0.4 is 0 Å². The second-order valence-electron chi connectivity index (χ2n) is 3.36. The quantitative estimate of drug-likeness (QED) is 0.581. The second-order valence-corrected chi connectivity index (χ2v) is 3.36. The molecule has 0 aromatic heterocycles. The van der Waals surface area contributed by atoms with E-state index in [0.29, 0.717) is 5.56 Å². The third-order valence-corrected chi connectivity index (χ3v) is 2.26. The van der Waals surface area contributed by atoms with Gasteiger partial charge in [0.25, 0.3) is 0 Å². The third-order valence-electron chi connectivity index (χ3n) is 2.26. The minimum Gasteiger partial charge on any atom is -0.459 e. The molecule has 0 bridgehead atoms. The lowest BCUT2D eigenvalue weighted by molar-refractivity contribution is 0.0476. The number of epoxide rings is 1. The molecule has 0 amide bonds. The Balaban J connectivity index is 1.79. The molecule has 1 aromatic carbocycles. The van der Waals surface area contributed by atoms with E-state index >= 15 is 0 Å². The lowest BCUT2D eigenvalue weighted by atomic mass is 10.2. The molecular formula is C11H12O4. The monoisotopic (exact) mass is 208 g/mol. The van der Waals surface area contributed by atoms with E-state index in [9.17, 15) is 4.79 Å². The summed E-state index contributed by atoms with van der Waals surface area (Å²) in [6, 6.07) is 8.78. The van der Waals surface area contributed by atoms with Crippen molar-refractivity contribution in [3.8, 4) is 0 Å². The van der Waals surface area contributed by atoms with Gasteiger partial charge in [-0.3, -0.25) is 0 Å². The van der Waals surface area contributed by atoms with Gasteiger partial charge >= 0.3 is 5.97 Å². The number of rotatable bonds is 4. The highest BCUT2D eigenvalue weighted by molar-refractivity contribution is 5.89. The predicted octanol–water partition coefficient (Wildman–Crippen LogP) is 0.603. The highest BCUT2D eigenvalue weighted by atomic mass is 16.6. The van der Waals surface area contributed by atoms with E-state index < -0.39 is 0 Å². The molecule has 0 saturated carbocycles. The first-order valence-electron chi connectivity index (χ1n) is 4.80. The zero-order chi connectivity index (χ0) is 10.7. The SMILES string of the molecule is O=C(OC[C@H]1O[C@H]1CO)c1ccccc1. The van der Waals surface area contributed by atoms with Gasteiger partial charge in [0.1, 0.15) is 18.8 Å². The fourth-order valence-electron chi connectivity index (χ4n) is 1.30. The second kappa shape index (κ2) is 4.42. The summed E-state index contributed by atoms with van der Waals surface area (Å²) in [5.74, 6) is -0.359. The Bertz CT molecular complexity index is 336. The zero-order valence-corrected chi connectivity index (χ0v) is 8.13. The minimum absolute atomic E-state index is 0.0203. The lowest BCUT2D eigenvalue weighted by Crippen LogP contribution is -2.12. The van der Waals surface area contributed by atoms with Gasteiger partial charge in [-0.1, -0.05) is 18.2 Å². The molecule has 4 nitrogen and oxygen atoms in total. The molecule has 1 fully saturated rings. The van der Waals surface area contributed by atoms with Crippen molar-refractivity contribution in [3.05, 3.63) is 35.9 Å². The fraction of sp³-hybridized carbons (Fsp3) is 0.364. The Kier molecular flexibility index (Phi) is 2.99. The Labute approximate surface area is 87.4 Å². The van der Waals surface area contributed by atoms with Gasteiger partial charge in [0.15, 0.2) is 0 Å². The topological polar surface area (TPSA) is 59.1 Å². The van der Waals surface area contributed by atoms with Crippen LogP contribution in [0.4, 0.5) is 0 Å². The largest absolute Gasteiger partial charge is 0.459 e. The van der Waals surface area contributed by atoms with E-state index in [1.807, 2.05) is 6.07 Å². The van der Waals surface area contributed by atoms with Crippen molar-refractivity contribution in [2.45, 2.75) is 12.2 Å². The van der Waals surface area contributed by atoms with Crippen molar-refractivity contribution in [2.24, 2.45) is 0 Å². The number of benzene rings is 1. The summed E-state index contributed by atoms with van der Waals surface area (Å²) in [4.78, 5) is 11.4. The van der Waals surface area contributed by atoms with Crippen molar-refractivity contribution in [1.82, 2.24) is 0 Å². The molecule has 2 rings (SSSR count). The maximum Gasteiger partial charge on any atom is 0.338 e. The number of aliphatic hydroxyl groups is 1. The van der Waals surface area contributed by atoms with E-state index in [1.165, 1.54) is 0 Å². The van der Waals surface area contributed by atoms with Gasteiger partial charge in [-0.05, 0) is 12.1 Å². The van der Waals surface area contributed by atoms with Gasteiger partial charge in [0, 0.05) is 0 Å². The summed E-state index contributed by atoms with van der Waals surface area (Å²) in [6.07, 6.45) is -0.295. The van der Waals surface area contributed by atoms with Crippen LogP contribution in [0.5, 0.6) is 0 Å². The Hall–Kier alpha value is -1.39. The van der Waals surface area contributed by atoms with Crippen LogP contribution in [0.25, 0.3) is 0 Å². The molecule has 0 aliphatic carbocycles. The molecule has 1 saturated heterocycles. The first-order chi connectivity index (χ1) is 7.31. The van der Waals surface area contributed by atoms with E-state index in [1.54, 1.807) is 24.3 Å². The molecule has 0 unspecified atom stereocenters. The van der Waals surface area contributed by atoms with Gasteiger partial charge in [-0.15, -0.1) is 0 Å². The van der Waals surface area contributed by atoms with E-state index in [2.05, 4.69) is 0 Å². The molecule has 2 atom stereocenters. The average molecular weight is 208 g/mol. The molecule has 0 spiro atoms. The van der Waals surface area contributed by atoms with Crippen LogP contribution in [0.2, 0.25) is 0 Å². The normalized spacial score (nSPS) is 23.5. The number of hydrogen-bond donors (Lipinski definition) is 1. The summed E-state index contributed by atoms with van der Waals surface area (Å²) in [6.45, 7) is 0.187. The van der Waals surface area contributed by atoms with Crippen LogP contribution in [0.15, 0.2) is 30.3 Å². The highest BCUT2D eigenvalue weighted by Crippen LogP contribution is 2.21. The van der Waals surface area contributed by atoms with Crippen LogP contribution in [-0.4, -0.2) is 36.5 Å². The molecule has 1 aliphatic rings. The van der Waals surface area contributed by atoms with Crippen molar-refractivity contribution >= 4 is 5.97 Å². The molecule has 80 valence electrons.